The van der Waals surface area contributed by atoms with E-state index in [0.717, 1.165) is 18.0 Å². The highest BCUT2D eigenvalue weighted by molar-refractivity contribution is 5.38. The molecule has 0 saturated heterocycles. The Kier molecular flexibility index (Phi) is 5.78. The van der Waals surface area contributed by atoms with Crippen LogP contribution in [0.4, 0.5) is 4.39 Å². The van der Waals surface area contributed by atoms with Crippen LogP contribution in [0.15, 0.2) is 18.2 Å². The fourth-order valence-corrected chi connectivity index (χ4v) is 3.12. The molecule has 2 rings (SSSR count). The van der Waals surface area contributed by atoms with E-state index < -0.39 is 0 Å². The van der Waals surface area contributed by atoms with E-state index in [1.54, 1.807) is 6.07 Å². The number of hydrogen-bond acceptors (Lipinski definition) is 2. The number of hydrogen-bond donors (Lipinski definition) is 1. The summed E-state index contributed by atoms with van der Waals surface area (Å²) in [4.78, 5) is 2.37. The van der Waals surface area contributed by atoms with Crippen molar-refractivity contribution in [3.8, 4) is 11.8 Å². The van der Waals surface area contributed by atoms with Crippen molar-refractivity contribution < 1.29 is 9.50 Å². The van der Waals surface area contributed by atoms with Crippen LogP contribution >= 0.6 is 0 Å². The Morgan fingerprint density at radius 1 is 1.38 bits per heavy atom. The molecular weight excluding hydrogens is 265 g/mol. The van der Waals surface area contributed by atoms with Gasteiger partial charge < -0.3 is 5.11 Å². The Hall–Kier alpha value is -1.37. The van der Waals surface area contributed by atoms with E-state index in [0.29, 0.717) is 11.6 Å². The molecule has 0 aromatic heterocycles. The van der Waals surface area contributed by atoms with Crippen molar-refractivity contribution in [3.05, 3.63) is 35.1 Å². The van der Waals surface area contributed by atoms with E-state index in [1.807, 2.05) is 6.07 Å². The fraction of sp³-hybridized carbons (Fsp3) is 0.556. The minimum atomic E-state index is -0.325. The first kappa shape index (κ1) is 16.0. The van der Waals surface area contributed by atoms with E-state index in [4.69, 9.17) is 5.11 Å². The molecule has 0 heterocycles. The standard InChI is InChI=1S/C18H24FNO/c1-14-5-3-7-17(11-14)20(2)13-15-8-9-18(19)16(12-15)6-4-10-21/h8-9,12,14,17,21H,3,5,7,10-11,13H2,1-2H3. The van der Waals surface area contributed by atoms with Crippen LogP contribution in [0.3, 0.4) is 0 Å². The Labute approximate surface area is 127 Å². The molecule has 1 aliphatic rings. The van der Waals surface area contributed by atoms with Crippen LogP contribution in [0.1, 0.15) is 43.7 Å². The summed E-state index contributed by atoms with van der Waals surface area (Å²) < 4.78 is 13.6. The average molecular weight is 289 g/mol. The van der Waals surface area contributed by atoms with Crippen LogP contribution in [0.5, 0.6) is 0 Å². The largest absolute Gasteiger partial charge is 0.384 e. The highest BCUT2D eigenvalue weighted by Crippen LogP contribution is 2.27. The van der Waals surface area contributed by atoms with Gasteiger partial charge in [-0.1, -0.05) is 37.7 Å². The molecular formula is C18H24FNO. The maximum atomic E-state index is 13.6. The van der Waals surface area contributed by atoms with Crippen molar-refractivity contribution in [2.75, 3.05) is 13.7 Å². The topological polar surface area (TPSA) is 23.5 Å². The summed E-state index contributed by atoms with van der Waals surface area (Å²) in [5.41, 5.74) is 1.44. The number of nitrogens with zero attached hydrogens (tertiary/aromatic N) is 1. The first-order chi connectivity index (χ1) is 10.1. The lowest BCUT2D eigenvalue weighted by Gasteiger charge is -2.34. The van der Waals surface area contributed by atoms with Gasteiger partial charge in [-0.3, -0.25) is 4.90 Å². The highest BCUT2D eigenvalue weighted by atomic mass is 19.1. The molecule has 114 valence electrons. The van der Waals surface area contributed by atoms with Crippen molar-refractivity contribution in [2.24, 2.45) is 5.92 Å². The van der Waals surface area contributed by atoms with Crippen LogP contribution in [-0.2, 0) is 6.54 Å². The molecule has 2 atom stereocenters. The zero-order valence-electron chi connectivity index (χ0n) is 12.9. The number of benzene rings is 1. The molecule has 1 fully saturated rings. The van der Waals surface area contributed by atoms with Crippen molar-refractivity contribution in [3.63, 3.8) is 0 Å². The molecule has 3 heteroatoms. The first-order valence-electron chi connectivity index (χ1n) is 7.68. The van der Waals surface area contributed by atoms with Gasteiger partial charge in [0.25, 0.3) is 0 Å². The van der Waals surface area contributed by atoms with E-state index in [9.17, 15) is 4.39 Å². The summed E-state index contributed by atoms with van der Waals surface area (Å²) in [6.45, 7) is 2.88. The lowest BCUT2D eigenvalue weighted by atomic mass is 9.86. The zero-order chi connectivity index (χ0) is 15.2. The van der Waals surface area contributed by atoms with E-state index >= 15 is 0 Å². The van der Waals surface area contributed by atoms with Gasteiger partial charge in [0, 0.05) is 12.6 Å². The van der Waals surface area contributed by atoms with Gasteiger partial charge in [0.1, 0.15) is 12.4 Å². The molecule has 1 aliphatic carbocycles. The number of aliphatic hydroxyl groups excluding tert-OH is 1. The lowest BCUT2D eigenvalue weighted by Crippen LogP contribution is -2.35. The molecule has 0 aliphatic heterocycles. The third-order valence-corrected chi connectivity index (χ3v) is 4.30. The summed E-state index contributed by atoms with van der Waals surface area (Å²) in [6, 6.07) is 5.70. The van der Waals surface area contributed by atoms with E-state index in [2.05, 4.69) is 30.7 Å². The van der Waals surface area contributed by atoms with Gasteiger partial charge in [0.15, 0.2) is 0 Å². The molecule has 0 spiro atoms. The zero-order valence-corrected chi connectivity index (χ0v) is 12.9. The van der Waals surface area contributed by atoms with Crippen LogP contribution in [0.2, 0.25) is 0 Å². The number of halogens is 1. The van der Waals surface area contributed by atoms with Crippen LogP contribution in [0.25, 0.3) is 0 Å². The number of aliphatic hydroxyl groups is 1. The van der Waals surface area contributed by atoms with Gasteiger partial charge in [-0.25, -0.2) is 4.39 Å². The molecule has 2 unspecified atom stereocenters. The van der Waals surface area contributed by atoms with Crippen LogP contribution in [-0.4, -0.2) is 29.7 Å². The fourth-order valence-electron chi connectivity index (χ4n) is 3.12. The van der Waals surface area contributed by atoms with Crippen LogP contribution in [0, 0.1) is 23.6 Å². The third-order valence-electron chi connectivity index (χ3n) is 4.30. The van der Waals surface area contributed by atoms with Crippen molar-refractivity contribution >= 4 is 0 Å². The summed E-state index contributed by atoms with van der Waals surface area (Å²) in [6.07, 6.45) is 5.13. The molecule has 1 N–H and O–H groups in total. The third kappa shape index (κ3) is 4.56. The first-order valence-corrected chi connectivity index (χ1v) is 7.68. The summed E-state index contributed by atoms with van der Waals surface area (Å²) in [5.74, 6) is 5.65. The summed E-state index contributed by atoms with van der Waals surface area (Å²) in [7, 11) is 2.14. The summed E-state index contributed by atoms with van der Waals surface area (Å²) in [5, 5.41) is 8.72. The maximum Gasteiger partial charge on any atom is 0.138 e. The minimum Gasteiger partial charge on any atom is -0.384 e. The second-order valence-corrected chi connectivity index (χ2v) is 6.11. The SMILES string of the molecule is CC1CCCC(N(C)Cc2ccc(F)c(C#CCO)c2)C1. The Bertz CT molecular complexity index is 532. The predicted octanol–water partition coefficient (Wildman–Crippen LogP) is 3.18. The van der Waals surface area contributed by atoms with Gasteiger partial charge in [-0.05, 0) is 43.5 Å². The van der Waals surface area contributed by atoms with Crippen molar-refractivity contribution in [2.45, 2.75) is 45.2 Å². The molecule has 0 bridgehead atoms. The molecule has 1 saturated carbocycles. The molecule has 1 aromatic carbocycles. The van der Waals surface area contributed by atoms with Gasteiger partial charge in [-0.15, -0.1) is 0 Å². The Balaban J connectivity index is 2.05. The quantitative estimate of drug-likeness (QED) is 0.864. The maximum absolute atomic E-state index is 13.6. The van der Waals surface area contributed by atoms with Gasteiger partial charge in [-0.2, -0.15) is 0 Å². The number of rotatable bonds is 3. The highest BCUT2D eigenvalue weighted by Gasteiger charge is 2.22. The van der Waals surface area contributed by atoms with Gasteiger partial charge in [0.05, 0.1) is 5.56 Å². The Morgan fingerprint density at radius 2 is 2.19 bits per heavy atom. The molecule has 0 radical (unpaired) electrons. The average Bonchev–Trinajstić information content (AvgIpc) is 2.47. The lowest BCUT2D eigenvalue weighted by molar-refractivity contribution is 0.157. The van der Waals surface area contributed by atoms with Gasteiger partial charge >= 0.3 is 0 Å². The molecule has 1 aromatic rings. The van der Waals surface area contributed by atoms with Crippen molar-refractivity contribution in [1.29, 1.82) is 0 Å². The normalized spacial score (nSPS) is 22.0. The van der Waals surface area contributed by atoms with Gasteiger partial charge in [0.2, 0.25) is 0 Å². The molecule has 21 heavy (non-hydrogen) atoms. The molecule has 2 nitrogen and oxygen atoms in total. The van der Waals surface area contributed by atoms with Crippen molar-refractivity contribution in [1.82, 2.24) is 4.90 Å². The second kappa shape index (κ2) is 7.59. The molecule has 0 amide bonds. The van der Waals surface area contributed by atoms with Crippen LogP contribution < -0.4 is 0 Å². The second-order valence-electron chi connectivity index (χ2n) is 6.11. The van der Waals surface area contributed by atoms with E-state index in [-0.39, 0.29) is 12.4 Å². The smallest absolute Gasteiger partial charge is 0.138 e. The predicted molar refractivity (Wildman–Crippen MR) is 83.3 cm³/mol. The Morgan fingerprint density at radius 3 is 2.90 bits per heavy atom. The summed E-state index contributed by atoms with van der Waals surface area (Å²) >= 11 is 0. The monoisotopic (exact) mass is 289 g/mol. The minimum absolute atomic E-state index is 0.246. The van der Waals surface area contributed by atoms with E-state index in [1.165, 1.54) is 31.7 Å².